The number of aromatic nitrogens is 1. The zero-order chi connectivity index (χ0) is 13.9. The molecular formula is C14H14N2O3S. The molecule has 2 aromatic rings. The largest absolute Gasteiger partial charge is 0.486 e. The van der Waals surface area contributed by atoms with E-state index in [-0.39, 0.29) is 5.91 Å². The molecular weight excluding hydrogens is 276 g/mol. The number of hydrogen-bond acceptors (Lipinski definition) is 5. The smallest absolute Gasteiger partial charge is 0.230 e. The average Bonchev–Trinajstić information content (AvgIpc) is 2.92. The zero-order valence-corrected chi connectivity index (χ0v) is 11.8. The van der Waals surface area contributed by atoms with E-state index in [4.69, 9.17) is 9.47 Å². The second kappa shape index (κ2) is 5.50. The van der Waals surface area contributed by atoms with Gasteiger partial charge in [-0.3, -0.25) is 4.79 Å². The summed E-state index contributed by atoms with van der Waals surface area (Å²) in [6.07, 6.45) is 1.96. The minimum atomic E-state index is -0.0836. The highest BCUT2D eigenvalue weighted by atomic mass is 32.1. The summed E-state index contributed by atoms with van der Waals surface area (Å²) >= 11 is 1.40. The standard InChI is InChI=1S/C14H14N2O3S/c1-9-6-11-12(19-4-3-18-11)7-10(9)8-13(17)16-14-15-2-5-20-14/h2,5-7H,3-4,8H2,1H3,(H,15,16,17). The van der Waals surface area contributed by atoms with Crippen molar-refractivity contribution in [1.29, 1.82) is 0 Å². The van der Waals surface area contributed by atoms with Crippen LogP contribution in [0.15, 0.2) is 23.7 Å². The number of aryl methyl sites for hydroxylation is 1. The van der Waals surface area contributed by atoms with Crippen molar-refractivity contribution in [1.82, 2.24) is 4.98 Å². The van der Waals surface area contributed by atoms with E-state index in [0.29, 0.717) is 30.5 Å². The fraction of sp³-hybridized carbons (Fsp3) is 0.286. The molecule has 0 saturated heterocycles. The fourth-order valence-electron chi connectivity index (χ4n) is 2.04. The van der Waals surface area contributed by atoms with Gasteiger partial charge in [-0.15, -0.1) is 11.3 Å². The summed E-state index contributed by atoms with van der Waals surface area (Å²) in [7, 11) is 0. The number of nitrogens with one attached hydrogen (secondary N) is 1. The average molecular weight is 290 g/mol. The van der Waals surface area contributed by atoms with E-state index in [0.717, 1.165) is 16.9 Å². The van der Waals surface area contributed by atoms with Crippen molar-refractivity contribution in [2.24, 2.45) is 0 Å². The van der Waals surface area contributed by atoms with Crippen LogP contribution in [-0.4, -0.2) is 24.1 Å². The molecule has 0 fully saturated rings. The maximum absolute atomic E-state index is 12.0. The first kappa shape index (κ1) is 12.9. The second-order valence-corrected chi connectivity index (χ2v) is 5.38. The predicted molar refractivity (Wildman–Crippen MR) is 76.6 cm³/mol. The van der Waals surface area contributed by atoms with Crippen LogP contribution >= 0.6 is 11.3 Å². The number of amides is 1. The van der Waals surface area contributed by atoms with Gasteiger partial charge in [-0.2, -0.15) is 0 Å². The molecule has 1 aromatic carbocycles. The van der Waals surface area contributed by atoms with E-state index in [1.165, 1.54) is 11.3 Å². The topological polar surface area (TPSA) is 60.5 Å². The van der Waals surface area contributed by atoms with Gasteiger partial charge in [0.15, 0.2) is 16.6 Å². The summed E-state index contributed by atoms with van der Waals surface area (Å²) in [6.45, 7) is 3.07. The van der Waals surface area contributed by atoms with Gasteiger partial charge in [0.1, 0.15) is 13.2 Å². The predicted octanol–water partition coefficient (Wildman–Crippen LogP) is 2.40. The minimum Gasteiger partial charge on any atom is -0.486 e. The molecule has 3 rings (SSSR count). The summed E-state index contributed by atoms with van der Waals surface area (Å²) in [5.41, 5.74) is 1.95. The van der Waals surface area contributed by atoms with Crippen LogP contribution in [-0.2, 0) is 11.2 Å². The Bertz CT molecular complexity index is 626. The van der Waals surface area contributed by atoms with Crippen LogP contribution in [0.25, 0.3) is 0 Å². The third-order valence-corrected chi connectivity index (χ3v) is 3.72. The van der Waals surface area contributed by atoms with E-state index >= 15 is 0 Å². The Kier molecular flexibility index (Phi) is 3.56. The molecule has 104 valence electrons. The highest BCUT2D eigenvalue weighted by molar-refractivity contribution is 7.13. The van der Waals surface area contributed by atoms with Crippen LogP contribution in [0, 0.1) is 6.92 Å². The molecule has 20 heavy (non-hydrogen) atoms. The van der Waals surface area contributed by atoms with Crippen LogP contribution in [0.3, 0.4) is 0 Å². The maximum atomic E-state index is 12.0. The number of thiazole rings is 1. The van der Waals surface area contributed by atoms with Crippen molar-refractivity contribution < 1.29 is 14.3 Å². The Labute approximate surface area is 120 Å². The lowest BCUT2D eigenvalue weighted by Gasteiger charge is -2.20. The monoisotopic (exact) mass is 290 g/mol. The molecule has 1 aromatic heterocycles. The number of carbonyl (C=O) groups is 1. The SMILES string of the molecule is Cc1cc2c(cc1CC(=O)Nc1nccs1)OCCO2. The summed E-state index contributed by atoms with van der Waals surface area (Å²) in [5.74, 6) is 1.37. The molecule has 1 amide bonds. The Balaban J connectivity index is 1.75. The molecule has 1 aliphatic rings. The van der Waals surface area contributed by atoms with Gasteiger partial charge in [-0.1, -0.05) is 0 Å². The summed E-state index contributed by atoms with van der Waals surface area (Å²) in [5, 5.41) is 5.21. The lowest BCUT2D eigenvalue weighted by Crippen LogP contribution is -2.18. The van der Waals surface area contributed by atoms with Crippen LogP contribution < -0.4 is 14.8 Å². The molecule has 0 aliphatic carbocycles. The van der Waals surface area contributed by atoms with E-state index < -0.39 is 0 Å². The molecule has 0 saturated carbocycles. The van der Waals surface area contributed by atoms with Gasteiger partial charge in [0.2, 0.25) is 5.91 Å². The number of rotatable bonds is 3. The van der Waals surface area contributed by atoms with Crippen LogP contribution in [0.5, 0.6) is 11.5 Å². The summed E-state index contributed by atoms with van der Waals surface area (Å²) < 4.78 is 11.1. The number of anilines is 1. The third-order valence-electron chi connectivity index (χ3n) is 3.03. The van der Waals surface area contributed by atoms with Crippen molar-refractivity contribution in [2.45, 2.75) is 13.3 Å². The highest BCUT2D eigenvalue weighted by Gasteiger charge is 2.16. The van der Waals surface area contributed by atoms with Crippen molar-refractivity contribution in [3.05, 3.63) is 34.8 Å². The van der Waals surface area contributed by atoms with E-state index in [9.17, 15) is 4.79 Å². The first-order valence-electron chi connectivity index (χ1n) is 6.31. The molecule has 2 heterocycles. The molecule has 0 spiro atoms. The molecule has 0 bridgehead atoms. The molecule has 0 radical (unpaired) electrons. The van der Waals surface area contributed by atoms with Crippen molar-refractivity contribution >= 4 is 22.4 Å². The molecule has 6 heteroatoms. The molecule has 1 N–H and O–H groups in total. The van der Waals surface area contributed by atoms with Crippen molar-refractivity contribution in [3.8, 4) is 11.5 Å². The van der Waals surface area contributed by atoms with Crippen molar-refractivity contribution in [3.63, 3.8) is 0 Å². The van der Waals surface area contributed by atoms with Crippen LogP contribution in [0.1, 0.15) is 11.1 Å². The Morgan fingerprint density at radius 1 is 1.35 bits per heavy atom. The molecule has 1 aliphatic heterocycles. The molecule has 0 atom stereocenters. The summed E-state index contributed by atoms with van der Waals surface area (Å²) in [4.78, 5) is 16.0. The maximum Gasteiger partial charge on any atom is 0.230 e. The minimum absolute atomic E-state index is 0.0836. The van der Waals surface area contributed by atoms with E-state index in [2.05, 4.69) is 10.3 Å². The number of hydrogen-bond donors (Lipinski definition) is 1. The number of carbonyl (C=O) groups excluding carboxylic acids is 1. The van der Waals surface area contributed by atoms with Gasteiger partial charge in [0.05, 0.1) is 6.42 Å². The first-order chi connectivity index (χ1) is 9.72. The van der Waals surface area contributed by atoms with Gasteiger partial charge >= 0.3 is 0 Å². The Morgan fingerprint density at radius 2 is 2.10 bits per heavy atom. The highest BCUT2D eigenvalue weighted by Crippen LogP contribution is 2.33. The molecule has 5 nitrogen and oxygen atoms in total. The third kappa shape index (κ3) is 2.75. The van der Waals surface area contributed by atoms with E-state index in [1.54, 1.807) is 6.20 Å². The van der Waals surface area contributed by atoms with Gasteiger partial charge < -0.3 is 14.8 Å². The van der Waals surface area contributed by atoms with Gasteiger partial charge in [-0.25, -0.2) is 4.98 Å². The number of fused-ring (bicyclic) bond motifs is 1. The first-order valence-corrected chi connectivity index (χ1v) is 7.19. The van der Waals surface area contributed by atoms with Crippen LogP contribution in [0.2, 0.25) is 0 Å². The van der Waals surface area contributed by atoms with E-state index in [1.807, 2.05) is 24.4 Å². The van der Waals surface area contributed by atoms with Crippen LogP contribution in [0.4, 0.5) is 5.13 Å². The lowest BCUT2D eigenvalue weighted by atomic mass is 10.0. The quantitative estimate of drug-likeness (QED) is 0.943. The normalized spacial score (nSPS) is 13.1. The second-order valence-electron chi connectivity index (χ2n) is 4.48. The Morgan fingerprint density at radius 3 is 2.80 bits per heavy atom. The van der Waals surface area contributed by atoms with Gasteiger partial charge in [0.25, 0.3) is 0 Å². The fourth-order valence-corrected chi connectivity index (χ4v) is 2.59. The zero-order valence-electron chi connectivity index (χ0n) is 11.0. The number of benzene rings is 1. The lowest BCUT2D eigenvalue weighted by molar-refractivity contribution is -0.115. The molecule has 0 unspecified atom stereocenters. The van der Waals surface area contributed by atoms with Crippen molar-refractivity contribution in [2.75, 3.05) is 18.5 Å². The summed E-state index contributed by atoms with van der Waals surface area (Å²) in [6, 6.07) is 3.80. The number of nitrogens with zero attached hydrogens (tertiary/aromatic N) is 1. The van der Waals surface area contributed by atoms with Gasteiger partial charge in [-0.05, 0) is 30.2 Å². The van der Waals surface area contributed by atoms with Gasteiger partial charge in [0, 0.05) is 11.6 Å². The number of ether oxygens (including phenoxy) is 2. The Hall–Kier alpha value is -2.08.